The Morgan fingerprint density at radius 1 is 1.60 bits per heavy atom. The molecular formula is C7H6FNS. The number of aromatic amines is 1. The van der Waals surface area contributed by atoms with Crippen molar-refractivity contribution in [2.75, 3.05) is 0 Å². The summed E-state index contributed by atoms with van der Waals surface area (Å²) in [6.45, 7) is 1.92. The van der Waals surface area contributed by atoms with E-state index in [2.05, 4.69) is 4.98 Å². The van der Waals surface area contributed by atoms with Crippen molar-refractivity contribution in [1.82, 2.24) is 4.98 Å². The molecule has 0 aliphatic carbocycles. The van der Waals surface area contributed by atoms with Gasteiger partial charge in [-0.05, 0) is 13.0 Å². The Labute approximate surface area is 61.5 Å². The van der Waals surface area contributed by atoms with Crippen LogP contribution in [0.3, 0.4) is 0 Å². The molecule has 52 valence electrons. The summed E-state index contributed by atoms with van der Waals surface area (Å²) in [5.41, 5.74) is 1.01. The Hall–Kier alpha value is -0.830. The van der Waals surface area contributed by atoms with Crippen LogP contribution in [0.4, 0.5) is 4.39 Å². The molecule has 0 radical (unpaired) electrons. The van der Waals surface area contributed by atoms with Gasteiger partial charge in [0.15, 0.2) is 0 Å². The maximum Gasteiger partial charge on any atom is 0.143 e. The van der Waals surface area contributed by atoms with Crippen molar-refractivity contribution in [2.45, 2.75) is 6.92 Å². The average molecular weight is 155 g/mol. The van der Waals surface area contributed by atoms with E-state index in [0.29, 0.717) is 5.39 Å². The number of fused-ring (bicyclic) bond motifs is 1. The zero-order valence-electron chi connectivity index (χ0n) is 5.44. The molecule has 0 saturated heterocycles. The normalized spacial score (nSPS) is 11.0. The molecule has 2 aromatic heterocycles. The molecule has 2 rings (SSSR count). The fraction of sp³-hybridized carbons (Fsp3) is 0.143. The van der Waals surface area contributed by atoms with Gasteiger partial charge in [0.05, 0.1) is 0 Å². The van der Waals surface area contributed by atoms with E-state index in [9.17, 15) is 4.39 Å². The van der Waals surface area contributed by atoms with Crippen LogP contribution in [-0.2, 0) is 0 Å². The Morgan fingerprint density at radius 3 is 3.10 bits per heavy atom. The van der Waals surface area contributed by atoms with Crippen molar-refractivity contribution >= 4 is 21.6 Å². The number of H-pyrrole nitrogens is 1. The predicted octanol–water partition coefficient (Wildman–Crippen LogP) is 2.68. The van der Waals surface area contributed by atoms with Crippen molar-refractivity contribution in [3.05, 3.63) is 23.0 Å². The van der Waals surface area contributed by atoms with E-state index in [1.165, 1.54) is 16.7 Å². The van der Waals surface area contributed by atoms with Gasteiger partial charge in [0.1, 0.15) is 10.6 Å². The molecule has 0 spiro atoms. The summed E-state index contributed by atoms with van der Waals surface area (Å²) in [5, 5.41) is 2.23. The highest BCUT2D eigenvalue weighted by molar-refractivity contribution is 7.16. The highest BCUT2D eigenvalue weighted by Gasteiger charge is 2.03. The molecule has 0 aliphatic rings. The lowest BCUT2D eigenvalue weighted by Crippen LogP contribution is -1.62. The molecular weight excluding hydrogens is 149 g/mol. The quantitative estimate of drug-likeness (QED) is 0.602. The van der Waals surface area contributed by atoms with E-state index in [0.717, 1.165) is 10.5 Å². The molecule has 3 heteroatoms. The molecule has 0 aromatic carbocycles. The van der Waals surface area contributed by atoms with E-state index in [1.807, 2.05) is 13.0 Å². The average Bonchev–Trinajstić information content (AvgIpc) is 2.35. The largest absolute Gasteiger partial charge is 0.350 e. The second-order valence-corrected chi connectivity index (χ2v) is 3.16. The number of thiophene rings is 1. The maximum absolute atomic E-state index is 12.7. The van der Waals surface area contributed by atoms with Gasteiger partial charge in [0.2, 0.25) is 0 Å². The van der Waals surface area contributed by atoms with Crippen molar-refractivity contribution in [3.63, 3.8) is 0 Å². The first-order chi connectivity index (χ1) is 4.77. The van der Waals surface area contributed by atoms with Crippen LogP contribution in [0.5, 0.6) is 0 Å². The molecule has 0 saturated carbocycles. The number of rotatable bonds is 0. The monoisotopic (exact) mass is 155 g/mol. The highest BCUT2D eigenvalue weighted by atomic mass is 32.1. The molecule has 0 aliphatic heterocycles. The Morgan fingerprint density at radius 2 is 2.40 bits per heavy atom. The van der Waals surface area contributed by atoms with Gasteiger partial charge in [-0.2, -0.15) is 0 Å². The summed E-state index contributed by atoms with van der Waals surface area (Å²) in [6, 6.07) is 1.82. The molecule has 1 nitrogen and oxygen atoms in total. The topological polar surface area (TPSA) is 15.8 Å². The lowest BCUT2D eigenvalue weighted by Gasteiger charge is -1.75. The third kappa shape index (κ3) is 0.671. The molecule has 2 heterocycles. The summed E-state index contributed by atoms with van der Waals surface area (Å²) >= 11 is 1.40. The van der Waals surface area contributed by atoms with Gasteiger partial charge in [0.25, 0.3) is 0 Å². The van der Waals surface area contributed by atoms with Gasteiger partial charge in [-0.25, -0.2) is 4.39 Å². The van der Waals surface area contributed by atoms with Crippen molar-refractivity contribution in [3.8, 4) is 0 Å². The lowest BCUT2D eigenvalue weighted by molar-refractivity contribution is 0.644. The zero-order chi connectivity index (χ0) is 7.14. The van der Waals surface area contributed by atoms with Gasteiger partial charge in [-0.3, -0.25) is 0 Å². The fourth-order valence-corrected chi connectivity index (χ4v) is 1.86. The number of hydrogen-bond donors (Lipinski definition) is 1. The van der Waals surface area contributed by atoms with Crippen molar-refractivity contribution < 1.29 is 4.39 Å². The second-order valence-electron chi connectivity index (χ2n) is 2.28. The van der Waals surface area contributed by atoms with Gasteiger partial charge >= 0.3 is 0 Å². The van der Waals surface area contributed by atoms with Gasteiger partial charge in [0, 0.05) is 16.5 Å². The molecule has 1 N–H and O–H groups in total. The number of aromatic nitrogens is 1. The molecule has 0 fully saturated rings. The minimum absolute atomic E-state index is 0.121. The number of nitrogens with one attached hydrogen (secondary N) is 1. The van der Waals surface area contributed by atoms with E-state index >= 15 is 0 Å². The van der Waals surface area contributed by atoms with E-state index in [4.69, 9.17) is 0 Å². The highest BCUT2D eigenvalue weighted by Crippen LogP contribution is 2.24. The third-order valence-corrected chi connectivity index (χ3v) is 2.34. The summed E-state index contributed by atoms with van der Waals surface area (Å²) in [6.07, 6.45) is 0. The molecule has 0 atom stereocenters. The molecule has 0 amide bonds. The van der Waals surface area contributed by atoms with Crippen LogP contribution in [0, 0.1) is 12.7 Å². The first-order valence-electron chi connectivity index (χ1n) is 2.99. The Balaban J connectivity index is 2.90. The number of aryl methyl sites for hydroxylation is 1. The zero-order valence-corrected chi connectivity index (χ0v) is 6.26. The van der Waals surface area contributed by atoms with Crippen LogP contribution < -0.4 is 0 Å². The van der Waals surface area contributed by atoms with Gasteiger partial charge in [-0.15, -0.1) is 11.3 Å². The molecule has 2 aromatic rings. The van der Waals surface area contributed by atoms with Crippen LogP contribution in [-0.4, -0.2) is 4.98 Å². The standard InChI is InChI=1S/C7H6FNS/c1-4-2-5-6(8)3-10-7(5)9-4/h2-3,9H,1H3. The van der Waals surface area contributed by atoms with Crippen LogP contribution in [0.25, 0.3) is 10.2 Å². The SMILES string of the molecule is Cc1cc2c(F)csc2[nH]1. The van der Waals surface area contributed by atoms with Crippen LogP contribution >= 0.6 is 11.3 Å². The summed E-state index contributed by atoms with van der Waals surface area (Å²) in [4.78, 5) is 3.98. The predicted molar refractivity (Wildman–Crippen MR) is 40.9 cm³/mol. The molecule has 0 unspecified atom stereocenters. The van der Waals surface area contributed by atoms with E-state index < -0.39 is 0 Å². The van der Waals surface area contributed by atoms with Gasteiger partial charge < -0.3 is 4.98 Å². The Kier molecular flexibility index (Phi) is 1.08. The summed E-state index contributed by atoms with van der Waals surface area (Å²) in [7, 11) is 0. The van der Waals surface area contributed by atoms with E-state index in [1.54, 1.807) is 0 Å². The van der Waals surface area contributed by atoms with E-state index in [-0.39, 0.29) is 5.82 Å². The minimum atomic E-state index is -0.121. The van der Waals surface area contributed by atoms with Crippen LogP contribution in [0.15, 0.2) is 11.4 Å². The number of halogens is 1. The maximum atomic E-state index is 12.7. The molecule has 10 heavy (non-hydrogen) atoms. The lowest BCUT2D eigenvalue weighted by atomic mass is 10.4. The first-order valence-corrected chi connectivity index (χ1v) is 3.87. The Bertz CT molecular complexity index is 360. The number of hydrogen-bond acceptors (Lipinski definition) is 1. The first kappa shape index (κ1) is 5.92. The minimum Gasteiger partial charge on any atom is -0.350 e. The summed E-state index contributed by atoms with van der Waals surface area (Å²) < 4.78 is 12.7. The molecule has 0 bridgehead atoms. The third-order valence-electron chi connectivity index (χ3n) is 1.45. The van der Waals surface area contributed by atoms with Crippen LogP contribution in [0.2, 0.25) is 0 Å². The van der Waals surface area contributed by atoms with Crippen molar-refractivity contribution in [2.24, 2.45) is 0 Å². The van der Waals surface area contributed by atoms with Gasteiger partial charge in [-0.1, -0.05) is 0 Å². The second kappa shape index (κ2) is 1.83. The summed E-state index contributed by atoms with van der Waals surface area (Å²) in [5.74, 6) is -0.121. The van der Waals surface area contributed by atoms with Crippen LogP contribution in [0.1, 0.15) is 5.69 Å². The fourth-order valence-electron chi connectivity index (χ4n) is 1.01. The smallest absolute Gasteiger partial charge is 0.143 e. The van der Waals surface area contributed by atoms with Crippen molar-refractivity contribution in [1.29, 1.82) is 0 Å².